The summed E-state index contributed by atoms with van der Waals surface area (Å²) in [5.41, 5.74) is 0.869. The zero-order valence-corrected chi connectivity index (χ0v) is 11.4. The Bertz CT molecular complexity index is 551. The first-order chi connectivity index (χ1) is 9.10. The standard InChI is InChI=1S/C15H18FNO2/c1-10-4-6-14(19-10)11(2)17-9-12-5-7-15(18-3)13(16)8-12/h4-8,11,17H,9H2,1-3H3. The summed E-state index contributed by atoms with van der Waals surface area (Å²) < 4.78 is 24.0. The van der Waals surface area contributed by atoms with E-state index in [9.17, 15) is 4.39 Å². The average molecular weight is 263 g/mol. The van der Waals surface area contributed by atoms with Gasteiger partial charge in [0, 0.05) is 6.54 Å². The summed E-state index contributed by atoms with van der Waals surface area (Å²) in [6, 6.07) is 8.91. The van der Waals surface area contributed by atoms with E-state index in [2.05, 4.69) is 5.32 Å². The van der Waals surface area contributed by atoms with Gasteiger partial charge in [-0.05, 0) is 43.7 Å². The van der Waals surface area contributed by atoms with Crippen LogP contribution in [0.2, 0.25) is 0 Å². The molecule has 0 radical (unpaired) electrons. The van der Waals surface area contributed by atoms with E-state index in [-0.39, 0.29) is 17.6 Å². The van der Waals surface area contributed by atoms with E-state index in [1.54, 1.807) is 6.07 Å². The molecule has 3 nitrogen and oxygen atoms in total. The van der Waals surface area contributed by atoms with Crippen LogP contribution in [0.25, 0.3) is 0 Å². The molecule has 0 aliphatic rings. The van der Waals surface area contributed by atoms with Crippen molar-refractivity contribution in [3.8, 4) is 5.75 Å². The van der Waals surface area contributed by atoms with Gasteiger partial charge < -0.3 is 14.5 Å². The summed E-state index contributed by atoms with van der Waals surface area (Å²) >= 11 is 0. The summed E-state index contributed by atoms with van der Waals surface area (Å²) in [7, 11) is 1.46. The van der Waals surface area contributed by atoms with Gasteiger partial charge in [0.15, 0.2) is 11.6 Å². The molecule has 1 aromatic carbocycles. The van der Waals surface area contributed by atoms with Gasteiger partial charge in [0.25, 0.3) is 0 Å². The van der Waals surface area contributed by atoms with Crippen molar-refractivity contribution in [2.24, 2.45) is 0 Å². The topological polar surface area (TPSA) is 34.4 Å². The molecule has 4 heteroatoms. The number of benzene rings is 1. The molecule has 0 spiro atoms. The van der Waals surface area contributed by atoms with E-state index in [0.717, 1.165) is 17.1 Å². The number of hydrogen-bond donors (Lipinski definition) is 1. The number of rotatable bonds is 5. The summed E-state index contributed by atoms with van der Waals surface area (Å²) in [6.45, 7) is 4.50. The molecule has 0 saturated heterocycles. The lowest BCUT2D eigenvalue weighted by molar-refractivity contribution is 0.385. The van der Waals surface area contributed by atoms with Crippen LogP contribution in [0.15, 0.2) is 34.7 Å². The molecule has 0 bridgehead atoms. The van der Waals surface area contributed by atoms with Crippen molar-refractivity contribution < 1.29 is 13.5 Å². The molecule has 102 valence electrons. The van der Waals surface area contributed by atoms with Gasteiger partial charge >= 0.3 is 0 Å². The minimum Gasteiger partial charge on any atom is -0.494 e. The maximum Gasteiger partial charge on any atom is 0.165 e. The first-order valence-electron chi connectivity index (χ1n) is 6.22. The Hall–Kier alpha value is -1.81. The van der Waals surface area contributed by atoms with Crippen LogP contribution in [0.1, 0.15) is 30.0 Å². The van der Waals surface area contributed by atoms with Crippen LogP contribution in [-0.4, -0.2) is 7.11 Å². The molecule has 1 atom stereocenters. The number of aryl methyl sites for hydroxylation is 1. The minimum absolute atomic E-state index is 0.0823. The Morgan fingerprint density at radius 2 is 2.11 bits per heavy atom. The highest BCUT2D eigenvalue weighted by Crippen LogP contribution is 2.19. The van der Waals surface area contributed by atoms with E-state index in [0.29, 0.717) is 6.54 Å². The SMILES string of the molecule is COc1ccc(CNC(C)c2ccc(C)o2)cc1F. The van der Waals surface area contributed by atoms with Crippen molar-refractivity contribution >= 4 is 0 Å². The Kier molecular flexibility index (Phi) is 4.22. The van der Waals surface area contributed by atoms with Crippen molar-refractivity contribution in [2.45, 2.75) is 26.4 Å². The second-order valence-electron chi connectivity index (χ2n) is 4.52. The predicted octanol–water partition coefficient (Wildman–Crippen LogP) is 3.59. The van der Waals surface area contributed by atoms with Gasteiger partial charge in [0.2, 0.25) is 0 Å². The van der Waals surface area contributed by atoms with E-state index in [4.69, 9.17) is 9.15 Å². The largest absolute Gasteiger partial charge is 0.494 e. The fraction of sp³-hybridized carbons (Fsp3) is 0.333. The first kappa shape index (κ1) is 13.6. The van der Waals surface area contributed by atoms with E-state index in [1.165, 1.54) is 13.2 Å². The third-order valence-electron chi connectivity index (χ3n) is 3.02. The number of furan rings is 1. The van der Waals surface area contributed by atoms with Gasteiger partial charge in [-0.25, -0.2) is 4.39 Å². The van der Waals surface area contributed by atoms with Gasteiger partial charge in [-0.2, -0.15) is 0 Å². The molecule has 1 aromatic heterocycles. The highest BCUT2D eigenvalue weighted by molar-refractivity contribution is 5.29. The molecule has 2 aromatic rings. The van der Waals surface area contributed by atoms with Crippen molar-refractivity contribution in [3.63, 3.8) is 0 Å². The molecule has 0 saturated carbocycles. The normalized spacial score (nSPS) is 12.4. The molecule has 1 N–H and O–H groups in total. The minimum atomic E-state index is -0.344. The van der Waals surface area contributed by atoms with Crippen molar-refractivity contribution in [1.82, 2.24) is 5.32 Å². The maximum absolute atomic E-state index is 13.5. The summed E-state index contributed by atoms with van der Waals surface area (Å²) in [4.78, 5) is 0. The molecule has 19 heavy (non-hydrogen) atoms. The third kappa shape index (κ3) is 3.35. The van der Waals surface area contributed by atoms with Crippen molar-refractivity contribution in [3.05, 3.63) is 53.2 Å². The van der Waals surface area contributed by atoms with Gasteiger partial charge in [0.1, 0.15) is 11.5 Å². The van der Waals surface area contributed by atoms with Gasteiger partial charge in [-0.3, -0.25) is 0 Å². The Morgan fingerprint density at radius 3 is 2.68 bits per heavy atom. The van der Waals surface area contributed by atoms with Crippen LogP contribution in [0.4, 0.5) is 4.39 Å². The molecule has 0 amide bonds. The highest BCUT2D eigenvalue weighted by Gasteiger charge is 2.09. The molecule has 1 heterocycles. The molecular formula is C15H18FNO2. The van der Waals surface area contributed by atoms with Gasteiger partial charge in [-0.15, -0.1) is 0 Å². The average Bonchev–Trinajstić information content (AvgIpc) is 2.83. The quantitative estimate of drug-likeness (QED) is 0.895. The lowest BCUT2D eigenvalue weighted by Gasteiger charge is -2.12. The predicted molar refractivity (Wildman–Crippen MR) is 71.7 cm³/mol. The Morgan fingerprint density at radius 1 is 1.32 bits per heavy atom. The zero-order chi connectivity index (χ0) is 13.8. The molecular weight excluding hydrogens is 245 g/mol. The van der Waals surface area contributed by atoms with E-state index >= 15 is 0 Å². The maximum atomic E-state index is 13.5. The molecule has 0 fully saturated rings. The highest BCUT2D eigenvalue weighted by atomic mass is 19.1. The van der Waals surface area contributed by atoms with Crippen molar-refractivity contribution in [1.29, 1.82) is 0 Å². The molecule has 2 rings (SSSR count). The summed E-state index contributed by atoms with van der Waals surface area (Å²) in [6.07, 6.45) is 0. The summed E-state index contributed by atoms with van der Waals surface area (Å²) in [5.74, 6) is 1.69. The molecule has 0 aliphatic heterocycles. The fourth-order valence-corrected chi connectivity index (χ4v) is 1.88. The Balaban J connectivity index is 1.97. The third-order valence-corrected chi connectivity index (χ3v) is 3.02. The lowest BCUT2D eigenvalue weighted by atomic mass is 10.2. The van der Waals surface area contributed by atoms with E-state index in [1.807, 2.05) is 32.0 Å². The van der Waals surface area contributed by atoms with Gasteiger partial charge in [0.05, 0.1) is 13.2 Å². The van der Waals surface area contributed by atoms with Gasteiger partial charge in [-0.1, -0.05) is 6.07 Å². The number of hydrogen-bond acceptors (Lipinski definition) is 3. The van der Waals surface area contributed by atoms with Crippen LogP contribution in [0, 0.1) is 12.7 Å². The smallest absolute Gasteiger partial charge is 0.165 e. The number of halogens is 1. The molecule has 1 unspecified atom stereocenters. The Labute approximate surface area is 112 Å². The van der Waals surface area contributed by atoms with Crippen LogP contribution in [0.3, 0.4) is 0 Å². The number of methoxy groups -OCH3 is 1. The van der Waals surface area contributed by atoms with Crippen LogP contribution >= 0.6 is 0 Å². The second-order valence-corrected chi connectivity index (χ2v) is 4.52. The van der Waals surface area contributed by atoms with Crippen LogP contribution in [-0.2, 0) is 6.54 Å². The van der Waals surface area contributed by atoms with Crippen molar-refractivity contribution in [2.75, 3.05) is 7.11 Å². The monoisotopic (exact) mass is 263 g/mol. The van der Waals surface area contributed by atoms with E-state index < -0.39 is 0 Å². The summed E-state index contributed by atoms with van der Waals surface area (Å²) in [5, 5.41) is 3.29. The second kappa shape index (κ2) is 5.89. The molecule has 0 aliphatic carbocycles. The fourth-order valence-electron chi connectivity index (χ4n) is 1.88. The number of ether oxygens (including phenoxy) is 1. The first-order valence-corrected chi connectivity index (χ1v) is 6.22. The lowest BCUT2D eigenvalue weighted by Crippen LogP contribution is -2.17. The number of nitrogens with one attached hydrogen (secondary N) is 1. The van der Waals surface area contributed by atoms with Crippen LogP contribution < -0.4 is 10.1 Å². The van der Waals surface area contributed by atoms with Crippen LogP contribution in [0.5, 0.6) is 5.75 Å². The zero-order valence-electron chi connectivity index (χ0n) is 11.4.